The van der Waals surface area contributed by atoms with E-state index < -0.39 is 0 Å². The van der Waals surface area contributed by atoms with Gasteiger partial charge in [-0.3, -0.25) is 0 Å². The Morgan fingerprint density at radius 3 is 1.20 bits per heavy atom. The Morgan fingerprint density at radius 1 is 0.392 bits per heavy atom. The van der Waals surface area contributed by atoms with Gasteiger partial charge in [-0.25, -0.2) is 4.85 Å². The zero-order valence-electron chi connectivity index (χ0n) is 40.3. The summed E-state index contributed by atoms with van der Waals surface area (Å²) in [6.07, 6.45) is 0. The maximum atomic E-state index is 11.6. The summed E-state index contributed by atoms with van der Waals surface area (Å²) in [6.45, 7) is 13.5. The molecule has 0 atom stereocenters. The summed E-state index contributed by atoms with van der Waals surface area (Å²) in [5.74, 6) is -0.0758. The van der Waals surface area contributed by atoms with Crippen molar-refractivity contribution in [3.63, 3.8) is 0 Å². The molecule has 0 N–H and O–H groups in total. The van der Waals surface area contributed by atoms with E-state index >= 15 is 0 Å². The van der Waals surface area contributed by atoms with Crippen LogP contribution in [-0.4, -0.2) is 8.80 Å². The summed E-state index contributed by atoms with van der Waals surface area (Å²) < 4.78 is 5.13. The van der Waals surface area contributed by atoms with E-state index in [0.717, 1.165) is 44.4 Å². The molecule has 15 aromatic rings. The lowest BCUT2D eigenvalue weighted by Crippen LogP contribution is -2.29. The fourth-order valence-corrected chi connectivity index (χ4v) is 16.5. The number of hydrogen-bond acceptors (Lipinski definition) is 1. The fourth-order valence-electron chi connectivity index (χ4n) is 16.5. The first-order valence-electron chi connectivity index (χ1n) is 26.0. The molecular weight excluding hydrogens is 897 g/mol. The van der Waals surface area contributed by atoms with Gasteiger partial charge >= 0.3 is 0 Å². The van der Waals surface area contributed by atoms with Gasteiger partial charge in [-0.1, -0.05) is 146 Å². The van der Waals surface area contributed by atoms with Crippen molar-refractivity contribution in [1.29, 1.82) is 5.26 Å². The van der Waals surface area contributed by atoms with Crippen molar-refractivity contribution < 1.29 is 0 Å². The second-order valence-electron chi connectivity index (χ2n) is 21.8. The molecule has 4 aromatic heterocycles. The molecular formula is C70H38N4. The maximum Gasteiger partial charge on any atom is 0.196 e. The second-order valence-corrected chi connectivity index (χ2v) is 21.8. The molecule has 4 nitrogen and oxygen atoms in total. The van der Waals surface area contributed by atoms with E-state index in [-0.39, 0.29) is 23.7 Å². The largest absolute Gasteiger partial charge is 0.309 e. The van der Waals surface area contributed by atoms with Crippen LogP contribution in [0.3, 0.4) is 0 Å². The lowest BCUT2D eigenvalue weighted by atomic mass is 9.59. The second kappa shape index (κ2) is 12.6. The molecule has 0 aliphatic heterocycles. The van der Waals surface area contributed by atoms with Gasteiger partial charge in [-0.15, -0.1) is 0 Å². The van der Waals surface area contributed by atoms with Gasteiger partial charge < -0.3 is 8.80 Å². The number of aromatic nitrogens is 2. The third-order valence-electron chi connectivity index (χ3n) is 19.0. The average molecular weight is 935 g/mol. The molecule has 6 aliphatic carbocycles. The van der Waals surface area contributed by atoms with E-state index in [1.165, 1.54) is 142 Å². The molecule has 4 heteroatoms. The molecule has 338 valence electrons. The minimum atomic E-state index is -0.0311. The number of rotatable bonds is 0. The summed E-state index contributed by atoms with van der Waals surface area (Å²) in [5, 5.41) is 26.5. The summed E-state index contributed by atoms with van der Waals surface area (Å²) in [7, 11) is 0. The molecule has 6 aliphatic rings. The van der Waals surface area contributed by atoms with E-state index in [9.17, 15) is 5.26 Å². The van der Waals surface area contributed by atoms with Crippen molar-refractivity contribution >= 4 is 103 Å². The lowest BCUT2D eigenvalue weighted by molar-refractivity contribution is 0.758. The number of hydrogen-bond donors (Lipinski definition) is 0. The Morgan fingerprint density at radius 2 is 0.770 bits per heavy atom. The van der Waals surface area contributed by atoms with Crippen molar-refractivity contribution in [2.75, 3.05) is 0 Å². The zero-order valence-corrected chi connectivity index (χ0v) is 40.3. The maximum absolute atomic E-state index is 11.6. The van der Waals surface area contributed by atoms with Crippen LogP contribution >= 0.6 is 0 Å². The minimum absolute atomic E-state index is 0.00744. The van der Waals surface area contributed by atoms with E-state index in [0.29, 0.717) is 0 Å². The van der Waals surface area contributed by atoms with Crippen molar-refractivity contribution in [3.8, 4) is 6.07 Å². The van der Waals surface area contributed by atoms with Crippen molar-refractivity contribution in [3.05, 3.63) is 265 Å². The van der Waals surface area contributed by atoms with Gasteiger partial charge in [0.2, 0.25) is 0 Å². The number of fused-ring (bicyclic) bond motifs is 16. The summed E-state index contributed by atoms with van der Waals surface area (Å²) in [6, 6.07) is 66.6. The smallest absolute Gasteiger partial charge is 0.196 e. The summed E-state index contributed by atoms with van der Waals surface area (Å²) in [5.41, 5.74) is 26.3. The Labute approximate surface area is 423 Å². The van der Waals surface area contributed by atoms with E-state index in [1.807, 2.05) is 0 Å². The molecule has 0 radical (unpaired) electrons. The first-order valence-corrected chi connectivity index (χ1v) is 26.0. The number of benzene rings is 11. The molecule has 21 rings (SSSR count). The summed E-state index contributed by atoms with van der Waals surface area (Å²) in [4.78, 5) is 4.56. The van der Waals surface area contributed by atoms with Crippen LogP contribution in [-0.2, 0) is 0 Å². The molecule has 0 amide bonds. The first kappa shape index (κ1) is 38.2. The molecule has 0 unspecified atom stereocenters. The standard InChI is InChI=1S/C70H38N4/c1-33-51(32-71)58-54-39-20-8-10-22-41(39)55(42-23-11-9-21-40(42)54)61(58)64-59-37-18-6-4-16-35(37)28-49-47-30-48-50-29-36-17-5-7-19-38(36)60-65-62-56-43-24-12-14-26-45(43)57(46-27-15-13-25-44(46)56)63(62)66(72-3)34(2)68(65)74(70(50)60)53(48)31-52(47)73(67(33)64)69(49)59/h4-31,54-57H,1-2H3. The van der Waals surface area contributed by atoms with Crippen LogP contribution < -0.4 is 0 Å². The summed E-state index contributed by atoms with van der Waals surface area (Å²) >= 11 is 0. The minimum Gasteiger partial charge on any atom is -0.309 e. The highest BCUT2D eigenvalue weighted by Crippen LogP contribution is 2.64. The molecule has 74 heavy (non-hydrogen) atoms. The Balaban J connectivity index is 1.03. The Bertz CT molecular complexity index is 4910. The fraction of sp³-hybridized carbons (Fsp3) is 0.0857. The highest BCUT2D eigenvalue weighted by atomic mass is 15.0. The van der Waals surface area contributed by atoms with Crippen molar-refractivity contribution in [2.45, 2.75) is 37.5 Å². The van der Waals surface area contributed by atoms with Crippen LogP contribution in [0.25, 0.3) is 103 Å². The van der Waals surface area contributed by atoms with Gasteiger partial charge in [0.05, 0.1) is 45.8 Å². The predicted octanol–water partition coefficient (Wildman–Crippen LogP) is 17.3. The monoisotopic (exact) mass is 934 g/mol. The first-order chi connectivity index (χ1) is 36.6. The highest BCUT2D eigenvalue weighted by Gasteiger charge is 2.47. The third-order valence-corrected chi connectivity index (χ3v) is 19.0. The lowest BCUT2D eigenvalue weighted by Gasteiger charge is -2.43. The van der Waals surface area contributed by atoms with Gasteiger partial charge in [0.25, 0.3) is 0 Å². The van der Waals surface area contributed by atoms with Gasteiger partial charge in [-0.05, 0) is 138 Å². The quantitative estimate of drug-likeness (QED) is 0.140. The molecule has 4 bridgehead atoms. The number of nitrogens with zero attached hydrogens (tertiary/aromatic N) is 4. The van der Waals surface area contributed by atoms with Crippen LogP contribution in [0.1, 0.15) is 107 Å². The van der Waals surface area contributed by atoms with Crippen LogP contribution in [0.15, 0.2) is 170 Å². The van der Waals surface area contributed by atoms with Crippen molar-refractivity contribution in [1.82, 2.24) is 8.80 Å². The SMILES string of the molecule is [C-]#[N+]c1c2c(c3c4c5ccccc5cc5c6cc7c8cc9ccccc9c9c%10c%11c(c(C#N)c(C)c%10n(c7cc6n(c3c1C)c54)c89)C1c3ccccc3C%11c3ccccc31)C1c3ccccc3C2c2ccccc21. The van der Waals surface area contributed by atoms with Crippen LogP contribution in [0, 0.1) is 31.8 Å². The zero-order chi connectivity index (χ0) is 48.3. The molecule has 11 aromatic carbocycles. The number of nitriles is 1. The average Bonchev–Trinajstić information content (AvgIpc) is 4.21. The van der Waals surface area contributed by atoms with E-state index in [1.54, 1.807) is 0 Å². The predicted molar refractivity (Wildman–Crippen MR) is 301 cm³/mol. The van der Waals surface area contributed by atoms with Gasteiger partial charge in [0.15, 0.2) is 5.69 Å². The van der Waals surface area contributed by atoms with Crippen LogP contribution in [0.5, 0.6) is 0 Å². The van der Waals surface area contributed by atoms with Gasteiger partial charge in [-0.2, -0.15) is 5.26 Å². The molecule has 0 fully saturated rings. The van der Waals surface area contributed by atoms with E-state index in [4.69, 9.17) is 6.57 Å². The molecule has 0 saturated carbocycles. The van der Waals surface area contributed by atoms with Crippen LogP contribution in [0.2, 0.25) is 0 Å². The van der Waals surface area contributed by atoms with Gasteiger partial charge in [0, 0.05) is 72.3 Å². The van der Waals surface area contributed by atoms with Crippen LogP contribution in [0.4, 0.5) is 5.69 Å². The number of aryl methyl sites for hydroxylation is 2. The Kier molecular flexibility index (Phi) is 6.50. The van der Waals surface area contributed by atoms with E-state index in [2.05, 4.69) is 203 Å². The van der Waals surface area contributed by atoms with Crippen molar-refractivity contribution in [2.24, 2.45) is 0 Å². The van der Waals surface area contributed by atoms with Gasteiger partial charge in [0.1, 0.15) is 0 Å². The molecule has 0 saturated heterocycles. The highest BCUT2D eigenvalue weighted by molar-refractivity contribution is 6.37. The topological polar surface area (TPSA) is 37.0 Å². The molecule has 4 heterocycles. The molecule has 0 spiro atoms. The normalized spacial score (nSPS) is 17.8. The Hall–Kier alpha value is -9.48. The third kappa shape index (κ3) is 3.96.